The number of amides is 2. The number of hydrogen-bond acceptors (Lipinski definition) is 4. The Morgan fingerprint density at radius 1 is 1.00 bits per heavy atom. The van der Waals surface area contributed by atoms with Gasteiger partial charge in [0.25, 0.3) is 0 Å². The van der Waals surface area contributed by atoms with Crippen LogP contribution in [0.4, 0.5) is 24.5 Å². The van der Waals surface area contributed by atoms with Gasteiger partial charge in [-0.25, -0.2) is 0 Å². The van der Waals surface area contributed by atoms with Crippen LogP contribution in [-0.4, -0.2) is 31.5 Å². The standard InChI is InChI=1S/C22H26F3N3O3/c1-4-10-31-18-9-8-16(22(23,24)25)11-17(18)26-12-19(29)27-13-20(30)28-21-14(2)6-5-7-15(21)3/h5-9,11,26H,4,10,12-13H2,1-3H3,(H,27,29)(H,28,30). The number of halogens is 3. The Kier molecular flexibility index (Phi) is 8.30. The molecule has 168 valence electrons. The minimum Gasteiger partial charge on any atom is -0.491 e. The summed E-state index contributed by atoms with van der Waals surface area (Å²) in [6.07, 6.45) is -3.84. The molecule has 31 heavy (non-hydrogen) atoms. The molecule has 2 amide bonds. The van der Waals surface area contributed by atoms with E-state index in [0.29, 0.717) is 18.7 Å². The second-order valence-corrected chi connectivity index (χ2v) is 7.00. The highest BCUT2D eigenvalue weighted by Gasteiger charge is 2.31. The zero-order valence-electron chi connectivity index (χ0n) is 17.7. The van der Waals surface area contributed by atoms with E-state index < -0.39 is 23.6 Å². The van der Waals surface area contributed by atoms with Crippen molar-refractivity contribution >= 4 is 23.2 Å². The number of rotatable bonds is 9. The van der Waals surface area contributed by atoms with E-state index in [-0.39, 0.29) is 24.5 Å². The highest BCUT2D eigenvalue weighted by Crippen LogP contribution is 2.35. The van der Waals surface area contributed by atoms with Crippen LogP contribution < -0.4 is 20.7 Å². The number of hydrogen-bond donors (Lipinski definition) is 3. The van der Waals surface area contributed by atoms with Gasteiger partial charge in [-0.1, -0.05) is 25.1 Å². The average Bonchev–Trinajstić information content (AvgIpc) is 2.71. The fourth-order valence-corrected chi connectivity index (χ4v) is 2.79. The Bertz CT molecular complexity index is 910. The number of alkyl halides is 3. The molecule has 0 heterocycles. The van der Waals surface area contributed by atoms with Crippen molar-refractivity contribution in [1.82, 2.24) is 5.32 Å². The van der Waals surface area contributed by atoms with Gasteiger partial charge in [-0.3, -0.25) is 9.59 Å². The van der Waals surface area contributed by atoms with E-state index in [1.54, 1.807) is 0 Å². The third kappa shape index (κ3) is 7.20. The Morgan fingerprint density at radius 2 is 1.68 bits per heavy atom. The molecule has 0 unspecified atom stereocenters. The molecule has 3 N–H and O–H groups in total. The van der Waals surface area contributed by atoms with Crippen LogP contribution in [0.15, 0.2) is 36.4 Å². The molecular weight excluding hydrogens is 411 g/mol. The fourth-order valence-electron chi connectivity index (χ4n) is 2.79. The molecule has 0 saturated carbocycles. The normalized spacial score (nSPS) is 11.0. The number of carbonyl (C=O) groups is 2. The minimum atomic E-state index is -4.52. The van der Waals surface area contributed by atoms with Crippen molar-refractivity contribution in [3.63, 3.8) is 0 Å². The molecule has 0 aromatic heterocycles. The quantitative estimate of drug-likeness (QED) is 0.547. The fraction of sp³-hybridized carbons (Fsp3) is 0.364. The van der Waals surface area contributed by atoms with Crippen LogP contribution in [0.3, 0.4) is 0 Å². The molecule has 0 saturated heterocycles. The molecule has 0 aliphatic carbocycles. The zero-order valence-corrected chi connectivity index (χ0v) is 17.7. The SMILES string of the molecule is CCCOc1ccc(C(F)(F)F)cc1NCC(=O)NCC(=O)Nc1c(C)cccc1C. The van der Waals surface area contributed by atoms with Crippen molar-refractivity contribution in [1.29, 1.82) is 0 Å². The maximum atomic E-state index is 13.0. The minimum absolute atomic E-state index is 0.0541. The van der Waals surface area contributed by atoms with Crippen molar-refractivity contribution in [3.05, 3.63) is 53.1 Å². The Morgan fingerprint density at radius 3 is 2.29 bits per heavy atom. The molecule has 6 nitrogen and oxygen atoms in total. The number of para-hydroxylation sites is 1. The maximum absolute atomic E-state index is 13.0. The van der Waals surface area contributed by atoms with Gasteiger partial charge >= 0.3 is 6.18 Å². The molecule has 0 aliphatic rings. The molecule has 2 aromatic carbocycles. The molecule has 0 fully saturated rings. The second-order valence-electron chi connectivity index (χ2n) is 7.00. The van der Waals surface area contributed by atoms with Crippen LogP contribution in [0.2, 0.25) is 0 Å². The predicted octanol–water partition coefficient (Wildman–Crippen LogP) is 4.28. The molecule has 2 rings (SSSR count). The Hall–Kier alpha value is -3.23. The van der Waals surface area contributed by atoms with Gasteiger partial charge in [0.2, 0.25) is 11.8 Å². The summed E-state index contributed by atoms with van der Waals surface area (Å²) in [7, 11) is 0. The van der Waals surface area contributed by atoms with Crippen LogP contribution in [0.25, 0.3) is 0 Å². The molecule has 0 spiro atoms. The first-order chi connectivity index (χ1) is 14.6. The smallest absolute Gasteiger partial charge is 0.416 e. The van der Waals surface area contributed by atoms with E-state index in [1.165, 1.54) is 6.07 Å². The van der Waals surface area contributed by atoms with Crippen molar-refractivity contribution in [2.75, 3.05) is 30.3 Å². The summed E-state index contributed by atoms with van der Waals surface area (Å²) in [5.74, 6) is -0.734. The molecule has 2 aromatic rings. The maximum Gasteiger partial charge on any atom is 0.416 e. The lowest BCUT2D eigenvalue weighted by Gasteiger charge is -2.16. The van der Waals surface area contributed by atoms with Gasteiger partial charge in [-0.2, -0.15) is 13.2 Å². The van der Waals surface area contributed by atoms with E-state index in [0.717, 1.165) is 23.3 Å². The van der Waals surface area contributed by atoms with E-state index in [1.807, 2.05) is 39.0 Å². The first-order valence-electron chi connectivity index (χ1n) is 9.82. The number of carbonyl (C=O) groups excluding carboxylic acids is 2. The van der Waals surface area contributed by atoms with Crippen LogP contribution in [0.1, 0.15) is 30.0 Å². The largest absolute Gasteiger partial charge is 0.491 e. The zero-order chi connectivity index (χ0) is 23.0. The molecular formula is C22H26F3N3O3. The third-order valence-corrected chi connectivity index (χ3v) is 4.40. The summed E-state index contributed by atoms with van der Waals surface area (Å²) in [5, 5.41) is 7.85. The van der Waals surface area contributed by atoms with Gasteiger partial charge in [0.15, 0.2) is 0 Å². The third-order valence-electron chi connectivity index (χ3n) is 4.40. The van der Waals surface area contributed by atoms with Crippen molar-refractivity contribution in [3.8, 4) is 5.75 Å². The monoisotopic (exact) mass is 437 g/mol. The number of anilines is 2. The molecule has 0 atom stereocenters. The van der Waals surface area contributed by atoms with E-state index >= 15 is 0 Å². The summed E-state index contributed by atoms with van der Waals surface area (Å²) in [4.78, 5) is 24.2. The van der Waals surface area contributed by atoms with Gasteiger partial charge in [-0.05, 0) is 49.6 Å². The van der Waals surface area contributed by atoms with Crippen LogP contribution in [0.5, 0.6) is 5.75 Å². The van der Waals surface area contributed by atoms with Gasteiger partial charge < -0.3 is 20.7 Å². The highest BCUT2D eigenvalue weighted by atomic mass is 19.4. The van der Waals surface area contributed by atoms with Gasteiger partial charge in [-0.15, -0.1) is 0 Å². The topological polar surface area (TPSA) is 79.5 Å². The summed E-state index contributed by atoms with van der Waals surface area (Å²) in [6, 6.07) is 8.63. The molecule has 0 bridgehead atoms. The molecule has 0 aliphatic heterocycles. The lowest BCUT2D eigenvalue weighted by atomic mass is 10.1. The summed E-state index contributed by atoms with van der Waals surface area (Å²) in [5.41, 5.74) is 1.67. The predicted molar refractivity (Wildman–Crippen MR) is 113 cm³/mol. The lowest BCUT2D eigenvalue weighted by Crippen LogP contribution is -2.36. The van der Waals surface area contributed by atoms with Crippen LogP contribution in [0, 0.1) is 13.8 Å². The summed E-state index contributed by atoms with van der Waals surface area (Å²) in [6.45, 7) is 5.33. The Balaban J connectivity index is 1.94. The Labute approximate surface area is 179 Å². The van der Waals surface area contributed by atoms with Crippen molar-refractivity contribution in [2.24, 2.45) is 0 Å². The van der Waals surface area contributed by atoms with Crippen LogP contribution in [-0.2, 0) is 15.8 Å². The van der Waals surface area contributed by atoms with Crippen molar-refractivity contribution in [2.45, 2.75) is 33.4 Å². The summed E-state index contributed by atoms with van der Waals surface area (Å²) < 4.78 is 44.5. The van der Waals surface area contributed by atoms with E-state index in [2.05, 4.69) is 16.0 Å². The van der Waals surface area contributed by atoms with E-state index in [4.69, 9.17) is 4.74 Å². The van der Waals surface area contributed by atoms with E-state index in [9.17, 15) is 22.8 Å². The lowest BCUT2D eigenvalue weighted by molar-refractivity contribution is -0.137. The number of ether oxygens (including phenoxy) is 1. The number of aryl methyl sites for hydroxylation is 2. The first-order valence-corrected chi connectivity index (χ1v) is 9.82. The van der Waals surface area contributed by atoms with Gasteiger partial charge in [0.05, 0.1) is 30.9 Å². The number of benzene rings is 2. The average molecular weight is 437 g/mol. The molecule has 9 heteroatoms. The highest BCUT2D eigenvalue weighted by molar-refractivity contribution is 5.96. The van der Waals surface area contributed by atoms with Crippen LogP contribution >= 0.6 is 0 Å². The van der Waals surface area contributed by atoms with Gasteiger partial charge in [0.1, 0.15) is 5.75 Å². The second kappa shape index (κ2) is 10.7. The molecule has 0 radical (unpaired) electrons. The first kappa shape index (κ1) is 24.0. The van der Waals surface area contributed by atoms with Crippen molar-refractivity contribution < 1.29 is 27.5 Å². The number of nitrogens with one attached hydrogen (secondary N) is 3. The van der Waals surface area contributed by atoms with Gasteiger partial charge in [0, 0.05) is 5.69 Å². The summed E-state index contributed by atoms with van der Waals surface area (Å²) >= 11 is 0.